The maximum atomic E-state index is 11.3. The number of halogens is 1. The van der Waals surface area contributed by atoms with Crippen LogP contribution in [0.5, 0.6) is 0 Å². The van der Waals surface area contributed by atoms with Gasteiger partial charge in [0.15, 0.2) is 0 Å². The molecule has 1 heterocycles. The summed E-state index contributed by atoms with van der Waals surface area (Å²) in [6.07, 6.45) is 4.03. The number of nitrogens with zero attached hydrogens (tertiary/aromatic N) is 3. The summed E-state index contributed by atoms with van der Waals surface area (Å²) in [5.74, 6) is 1.38. The van der Waals surface area contributed by atoms with E-state index in [-0.39, 0.29) is 5.16 Å². The summed E-state index contributed by atoms with van der Waals surface area (Å²) in [6.45, 7) is 2.57. The van der Waals surface area contributed by atoms with E-state index in [1.165, 1.54) is 12.8 Å². The largest absolute Gasteiger partial charge is 0.301 e. The van der Waals surface area contributed by atoms with E-state index < -0.39 is 9.05 Å². The van der Waals surface area contributed by atoms with E-state index in [4.69, 9.17) is 10.7 Å². The van der Waals surface area contributed by atoms with Gasteiger partial charge in [0, 0.05) is 23.6 Å². The molecule has 1 fully saturated rings. The van der Waals surface area contributed by atoms with Crippen LogP contribution in [0.2, 0.25) is 0 Å². The number of hydrogen-bond donors (Lipinski definition) is 0. The smallest absolute Gasteiger partial charge is 0.296 e. The van der Waals surface area contributed by atoms with E-state index in [2.05, 4.69) is 10.2 Å². The zero-order valence-corrected chi connectivity index (χ0v) is 10.6. The Morgan fingerprint density at radius 1 is 1.44 bits per heavy atom. The van der Waals surface area contributed by atoms with Crippen LogP contribution in [0.1, 0.15) is 32.0 Å². The van der Waals surface area contributed by atoms with Crippen molar-refractivity contribution in [1.82, 2.24) is 14.8 Å². The Morgan fingerprint density at radius 3 is 2.62 bits per heavy atom. The number of aromatic nitrogens is 3. The molecule has 1 aromatic rings. The van der Waals surface area contributed by atoms with E-state index in [1.807, 2.05) is 6.92 Å². The highest BCUT2D eigenvalue weighted by molar-refractivity contribution is 8.13. The molecule has 0 atom stereocenters. The van der Waals surface area contributed by atoms with Gasteiger partial charge in [-0.1, -0.05) is 6.92 Å². The van der Waals surface area contributed by atoms with Crippen LogP contribution in [0.25, 0.3) is 0 Å². The maximum absolute atomic E-state index is 11.3. The Morgan fingerprint density at radius 2 is 2.12 bits per heavy atom. The zero-order valence-electron chi connectivity index (χ0n) is 9.06. The fourth-order valence-electron chi connectivity index (χ4n) is 1.68. The van der Waals surface area contributed by atoms with Crippen molar-refractivity contribution < 1.29 is 8.42 Å². The first-order chi connectivity index (χ1) is 7.52. The normalized spacial score (nSPS) is 16.6. The molecule has 0 unspecified atom stereocenters. The van der Waals surface area contributed by atoms with Gasteiger partial charge in [0.1, 0.15) is 5.82 Å². The molecule has 0 amide bonds. The van der Waals surface area contributed by atoms with Crippen LogP contribution in [-0.2, 0) is 22.0 Å². The minimum absolute atomic E-state index is 0.119. The molecular formula is C9H14ClN3O2S. The monoisotopic (exact) mass is 263 g/mol. The minimum Gasteiger partial charge on any atom is -0.301 e. The molecule has 1 aliphatic carbocycles. The number of rotatable bonds is 5. The van der Waals surface area contributed by atoms with Gasteiger partial charge in [-0.2, -0.15) is 0 Å². The molecule has 0 bridgehead atoms. The van der Waals surface area contributed by atoms with Crippen molar-refractivity contribution in [2.75, 3.05) is 0 Å². The second-order valence-electron chi connectivity index (χ2n) is 4.14. The average molecular weight is 264 g/mol. The molecule has 1 saturated carbocycles. The van der Waals surface area contributed by atoms with Crippen molar-refractivity contribution >= 4 is 19.7 Å². The third-order valence-corrected chi connectivity index (χ3v) is 3.78. The lowest BCUT2D eigenvalue weighted by atomic mass is 10.3. The van der Waals surface area contributed by atoms with E-state index in [0.29, 0.717) is 12.5 Å². The third kappa shape index (κ3) is 2.55. The third-order valence-electron chi connectivity index (χ3n) is 2.63. The molecule has 5 nitrogen and oxygen atoms in total. The standard InChI is InChI=1S/C9H14ClN3O2S/c1-2-5-13-8(6-7-3-4-7)11-12-9(13)16(10,14)15/h7H,2-6H2,1H3. The predicted octanol–water partition coefficient (Wildman–Crippen LogP) is 1.57. The minimum atomic E-state index is -3.79. The van der Waals surface area contributed by atoms with Crippen LogP contribution in [-0.4, -0.2) is 23.2 Å². The first-order valence-electron chi connectivity index (χ1n) is 5.39. The van der Waals surface area contributed by atoms with Crippen LogP contribution < -0.4 is 0 Å². The van der Waals surface area contributed by atoms with Crippen molar-refractivity contribution in [2.24, 2.45) is 5.92 Å². The first-order valence-corrected chi connectivity index (χ1v) is 7.70. The summed E-state index contributed by atoms with van der Waals surface area (Å²) in [5, 5.41) is 7.49. The molecule has 0 aliphatic heterocycles. The van der Waals surface area contributed by atoms with Crippen LogP contribution >= 0.6 is 10.7 Å². The van der Waals surface area contributed by atoms with Gasteiger partial charge in [-0.3, -0.25) is 0 Å². The van der Waals surface area contributed by atoms with Crippen LogP contribution in [0.3, 0.4) is 0 Å². The lowest BCUT2D eigenvalue weighted by Gasteiger charge is -2.06. The van der Waals surface area contributed by atoms with Gasteiger partial charge >= 0.3 is 0 Å². The molecule has 1 aliphatic rings. The first kappa shape index (κ1) is 11.9. The Bertz CT molecular complexity index is 479. The lowest BCUT2D eigenvalue weighted by Crippen LogP contribution is -2.10. The summed E-state index contributed by atoms with van der Waals surface area (Å²) < 4.78 is 24.2. The van der Waals surface area contributed by atoms with Crippen molar-refractivity contribution in [1.29, 1.82) is 0 Å². The summed E-state index contributed by atoms with van der Waals surface area (Å²) in [6, 6.07) is 0. The van der Waals surface area contributed by atoms with E-state index in [0.717, 1.165) is 18.7 Å². The Balaban J connectivity index is 2.33. The quantitative estimate of drug-likeness (QED) is 0.757. The van der Waals surface area contributed by atoms with Crippen LogP contribution in [0, 0.1) is 5.92 Å². The van der Waals surface area contributed by atoms with Gasteiger partial charge in [-0.15, -0.1) is 10.2 Å². The van der Waals surface area contributed by atoms with E-state index in [9.17, 15) is 8.42 Å². The predicted molar refractivity (Wildman–Crippen MR) is 59.8 cm³/mol. The summed E-state index contributed by atoms with van der Waals surface area (Å²) in [4.78, 5) is 0. The Labute approximate surface area is 99.2 Å². The fraction of sp³-hybridized carbons (Fsp3) is 0.778. The fourth-order valence-corrected chi connectivity index (χ4v) is 2.62. The SMILES string of the molecule is CCCn1c(CC2CC2)nnc1S(=O)(=O)Cl. The lowest BCUT2D eigenvalue weighted by molar-refractivity contribution is 0.550. The number of hydrogen-bond acceptors (Lipinski definition) is 4. The molecule has 7 heteroatoms. The van der Waals surface area contributed by atoms with Crippen molar-refractivity contribution in [3.05, 3.63) is 5.82 Å². The van der Waals surface area contributed by atoms with Gasteiger partial charge in [0.05, 0.1) is 0 Å². The van der Waals surface area contributed by atoms with Crippen LogP contribution in [0.4, 0.5) is 0 Å². The van der Waals surface area contributed by atoms with Crippen LogP contribution in [0.15, 0.2) is 5.16 Å². The molecule has 2 rings (SSSR count). The molecule has 0 aromatic carbocycles. The molecule has 90 valence electrons. The molecular weight excluding hydrogens is 250 g/mol. The Hall–Kier alpha value is -0.620. The molecule has 0 spiro atoms. The second-order valence-corrected chi connectivity index (χ2v) is 6.60. The molecule has 1 aromatic heterocycles. The summed E-state index contributed by atoms with van der Waals surface area (Å²) in [7, 11) is 1.53. The van der Waals surface area contributed by atoms with E-state index >= 15 is 0 Å². The Kier molecular flexibility index (Phi) is 3.21. The van der Waals surface area contributed by atoms with Gasteiger partial charge in [0.25, 0.3) is 14.2 Å². The highest BCUT2D eigenvalue weighted by atomic mass is 35.7. The van der Waals surface area contributed by atoms with Gasteiger partial charge in [0.2, 0.25) is 0 Å². The highest BCUT2D eigenvalue weighted by Crippen LogP contribution is 2.32. The molecule has 0 saturated heterocycles. The van der Waals surface area contributed by atoms with Crippen molar-refractivity contribution in [3.63, 3.8) is 0 Å². The topological polar surface area (TPSA) is 64.8 Å². The van der Waals surface area contributed by atoms with Crippen molar-refractivity contribution in [2.45, 2.75) is 44.3 Å². The maximum Gasteiger partial charge on any atom is 0.296 e. The molecule has 0 radical (unpaired) electrons. The average Bonchev–Trinajstić information content (AvgIpc) is 2.88. The molecule has 0 N–H and O–H groups in total. The van der Waals surface area contributed by atoms with Crippen molar-refractivity contribution in [3.8, 4) is 0 Å². The zero-order chi connectivity index (χ0) is 11.8. The summed E-state index contributed by atoms with van der Waals surface area (Å²) in [5.41, 5.74) is 0. The van der Waals surface area contributed by atoms with Gasteiger partial charge in [-0.25, -0.2) is 8.42 Å². The van der Waals surface area contributed by atoms with Gasteiger partial charge < -0.3 is 4.57 Å². The summed E-state index contributed by atoms with van der Waals surface area (Å²) >= 11 is 0. The molecule has 16 heavy (non-hydrogen) atoms. The van der Waals surface area contributed by atoms with E-state index in [1.54, 1.807) is 4.57 Å². The second kappa shape index (κ2) is 4.33. The van der Waals surface area contributed by atoms with Gasteiger partial charge in [-0.05, 0) is 25.2 Å². The highest BCUT2D eigenvalue weighted by Gasteiger charge is 2.27.